The van der Waals surface area contributed by atoms with E-state index in [0.29, 0.717) is 24.5 Å². The van der Waals surface area contributed by atoms with Crippen LogP contribution < -0.4 is 15.5 Å². The van der Waals surface area contributed by atoms with E-state index >= 15 is 0 Å². The molecule has 1 fully saturated rings. The van der Waals surface area contributed by atoms with Crippen LogP contribution in [-0.2, 0) is 10.0 Å². The molecule has 0 amide bonds. The van der Waals surface area contributed by atoms with E-state index in [-0.39, 0.29) is 5.88 Å². The minimum absolute atomic E-state index is 0.209. The minimum Gasteiger partial charge on any atom is -0.362 e. The van der Waals surface area contributed by atoms with Crippen LogP contribution in [0.5, 0.6) is 0 Å². The third kappa shape index (κ3) is 2.96. The Kier molecular flexibility index (Phi) is 4.00. The first-order valence-electron chi connectivity index (χ1n) is 7.69. The van der Waals surface area contributed by atoms with Crippen LogP contribution in [0.4, 0.5) is 5.88 Å². The van der Waals surface area contributed by atoms with Gasteiger partial charge in [-0.15, -0.1) is 5.01 Å². The van der Waals surface area contributed by atoms with Crippen molar-refractivity contribution in [2.75, 3.05) is 30.4 Å². The number of benzene rings is 1. The van der Waals surface area contributed by atoms with Gasteiger partial charge in [-0.25, -0.2) is 8.42 Å². The van der Waals surface area contributed by atoms with Gasteiger partial charge in [-0.2, -0.15) is 4.31 Å². The van der Waals surface area contributed by atoms with Crippen molar-refractivity contribution >= 4 is 15.9 Å². The zero-order chi connectivity index (χ0) is 17.5. The molecule has 9 heteroatoms. The second kappa shape index (κ2) is 5.75. The number of hydrogen-bond acceptors (Lipinski definition) is 6. The average Bonchev–Trinajstić information content (AvgIpc) is 2.92. The number of nitrogens with two attached hydrogens (primary N) is 1. The number of anilines is 1. The van der Waals surface area contributed by atoms with Crippen LogP contribution in [-0.4, -0.2) is 43.2 Å². The lowest BCUT2D eigenvalue weighted by Crippen LogP contribution is -2.74. The number of sulfonamides is 1. The van der Waals surface area contributed by atoms with Gasteiger partial charge in [0.25, 0.3) is 12.1 Å². The van der Waals surface area contributed by atoms with E-state index in [1.54, 1.807) is 18.3 Å². The Morgan fingerprint density at radius 3 is 2.46 bits per heavy atom. The quantitative estimate of drug-likeness (QED) is 0.797. The summed E-state index contributed by atoms with van der Waals surface area (Å²) in [6.07, 6.45) is 1.58. The second-order valence-corrected chi connectivity index (χ2v) is 8.55. The Hall–Kier alpha value is -2.13. The highest BCUT2D eigenvalue weighted by atomic mass is 32.2. The van der Waals surface area contributed by atoms with Gasteiger partial charge >= 0.3 is 0 Å². The van der Waals surface area contributed by atoms with Crippen molar-refractivity contribution in [3.8, 4) is 0 Å². The van der Waals surface area contributed by atoms with Gasteiger partial charge in [0, 0.05) is 13.1 Å². The molecular formula is C15H22N5O3S+. The van der Waals surface area contributed by atoms with Gasteiger partial charge < -0.3 is 5.73 Å². The summed E-state index contributed by atoms with van der Waals surface area (Å²) < 4.78 is 32.2. The Balaban J connectivity index is 1.84. The number of nitrogen functional groups attached to an aromatic ring is 1. The molecule has 0 atom stereocenters. The van der Waals surface area contributed by atoms with E-state index < -0.39 is 15.6 Å². The molecule has 8 nitrogen and oxygen atoms in total. The predicted octanol–water partition coefficient (Wildman–Crippen LogP) is 0.274. The molecule has 0 aliphatic carbocycles. The summed E-state index contributed by atoms with van der Waals surface area (Å²) in [7, 11) is -3.52. The molecule has 1 saturated heterocycles. The molecule has 0 saturated carbocycles. The monoisotopic (exact) mass is 352 g/mol. The first kappa shape index (κ1) is 16.7. The molecule has 130 valence electrons. The Labute approximate surface area is 141 Å². The maximum Gasteiger partial charge on any atom is 0.296 e. The molecule has 2 aromatic rings. The molecule has 0 spiro atoms. The summed E-state index contributed by atoms with van der Waals surface area (Å²) in [6.45, 7) is 7.03. The molecule has 0 unspecified atom stereocenters. The minimum atomic E-state index is -3.52. The van der Waals surface area contributed by atoms with Gasteiger partial charge in [0.2, 0.25) is 15.3 Å². The fraction of sp³-hybridized carbons (Fsp3) is 0.467. The Morgan fingerprint density at radius 2 is 1.92 bits per heavy atom. The zero-order valence-electron chi connectivity index (χ0n) is 14.0. The first-order valence-corrected chi connectivity index (χ1v) is 9.13. The molecule has 0 radical (unpaired) electrons. The van der Waals surface area contributed by atoms with Crippen LogP contribution in [0.25, 0.3) is 0 Å². The van der Waals surface area contributed by atoms with Gasteiger partial charge in [-0.05, 0) is 32.9 Å². The zero-order valence-corrected chi connectivity index (χ0v) is 14.8. The number of nitrogens with zero attached hydrogens (tertiary/aromatic N) is 4. The Morgan fingerprint density at radius 1 is 1.25 bits per heavy atom. The molecular weight excluding hydrogens is 330 g/mol. The highest BCUT2D eigenvalue weighted by Crippen LogP contribution is 2.24. The third-order valence-corrected chi connectivity index (χ3v) is 6.06. The standard InChI is InChI=1S/C15H22N5O3S/c1-12-4-6-13(7-5-12)24(21,22)18-8-9-19(15(2,3)11-18)20-10-14(16)23-17-20/h4-7,10H,8-9,11,16H2,1-3H3/q+1. The number of aryl methyl sites for hydroxylation is 1. The normalized spacial score (nSPS) is 18.7. The number of piperazine rings is 1. The molecule has 1 aliphatic rings. The molecule has 1 aliphatic heterocycles. The Bertz CT molecular complexity index is 829. The summed E-state index contributed by atoms with van der Waals surface area (Å²) in [6, 6.07) is 6.92. The highest BCUT2D eigenvalue weighted by Gasteiger charge is 2.44. The molecule has 3 rings (SSSR count). The lowest BCUT2D eigenvalue weighted by Gasteiger charge is -2.41. The van der Waals surface area contributed by atoms with Crippen LogP contribution >= 0.6 is 0 Å². The average molecular weight is 352 g/mol. The fourth-order valence-electron chi connectivity index (χ4n) is 2.91. The lowest BCUT2D eigenvalue weighted by atomic mass is 10.0. The summed E-state index contributed by atoms with van der Waals surface area (Å²) in [5, 5.41) is 5.80. The van der Waals surface area contributed by atoms with Crippen LogP contribution in [0.2, 0.25) is 0 Å². The van der Waals surface area contributed by atoms with Crippen LogP contribution in [0.1, 0.15) is 19.4 Å². The van der Waals surface area contributed by atoms with Gasteiger partial charge in [-0.1, -0.05) is 17.7 Å². The van der Waals surface area contributed by atoms with Crippen molar-refractivity contribution in [3.63, 3.8) is 0 Å². The summed E-state index contributed by atoms with van der Waals surface area (Å²) in [4.78, 5) is 1.85. The van der Waals surface area contributed by atoms with E-state index in [1.807, 2.05) is 37.9 Å². The van der Waals surface area contributed by atoms with Gasteiger partial charge in [-0.3, -0.25) is 4.52 Å². The number of aromatic nitrogens is 2. The summed E-state index contributed by atoms with van der Waals surface area (Å²) in [5.74, 6) is 0.209. The molecule has 1 aromatic carbocycles. The van der Waals surface area contributed by atoms with Gasteiger partial charge in [0.05, 0.1) is 16.2 Å². The van der Waals surface area contributed by atoms with Crippen LogP contribution in [0.15, 0.2) is 39.9 Å². The predicted molar refractivity (Wildman–Crippen MR) is 88.2 cm³/mol. The molecule has 1 aromatic heterocycles. The van der Waals surface area contributed by atoms with E-state index in [0.717, 1.165) is 5.56 Å². The van der Waals surface area contributed by atoms with Crippen molar-refractivity contribution in [1.82, 2.24) is 9.58 Å². The summed E-state index contributed by atoms with van der Waals surface area (Å²) >= 11 is 0. The maximum atomic E-state index is 12.9. The molecule has 2 N–H and O–H groups in total. The van der Waals surface area contributed by atoms with Crippen LogP contribution in [0, 0.1) is 6.92 Å². The number of rotatable bonds is 3. The van der Waals surface area contributed by atoms with Crippen molar-refractivity contribution in [3.05, 3.63) is 36.0 Å². The van der Waals surface area contributed by atoms with E-state index in [1.165, 1.54) is 9.10 Å². The highest BCUT2D eigenvalue weighted by molar-refractivity contribution is 7.89. The van der Waals surface area contributed by atoms with E-state index in [2.05, 4.69) is 5.27 Å². The fourth-order valence-corrected chi connectivity index (χ4v) is 4.50. The molecule has 0 bridgehead atoms. The molecule has 24 heavy (non-hydrogen) atoms. The van der Waals surface area contributed by atoms with E-state index in [4.69, 9.17) is 10.3 Å². The lowest BCUT2D eigenvalue weighted by molar-refractivity contribution is -0.766. The largest absolute Gasteiger partial charge is 0.362 e. The third-order valence-electron chi connectivity index (χ3n) is 4.20. The maximum absolute atomic E-state index is 12.9. The van der Waals surface area contributed by atoms with E-state index in [9.17, 15) is 8.42 Å². The van der Waals surface area contributed by atoms with Gasteiger partial charge in [0.1, 0.15) is 5.54 Å². The first-order chi connectivity index (χ1) is 11.2. The van der Waals surface area contributed by atoms with Crippen LogP contribution in [0.3, 0.4) is 0 Å². The van der Waals surface area contributed by atoms with Crippen molar-refractivity contribution < 1.29 is 17.7 Å². The smallest absolute Gasteiger partial charge is 0.296 e. The molecule has 2 heterocycles. The topological polar surface area (TPSA) is 96.6 Å². The second-order valence-electron chi connectivity index (χ2n) is 6.61. The SMILES string of the molecule is Cc1ccc(S(=O)(=O)N2CCN([n+]3cc(N)on3)C(C)(C)C2)cc1. The number of hydrogen-bond donors (Lipinski definition) is 1. The van der Waals surface area contributed by atoms with Crippen molar-refractivity contribution in [1.29, 1.82) is 0 Å². The van der Waals surface area contributed by atoms with Crippen molar-refractivity contribution in [2.24, 2.45) is 0 Å². The summed E-state index contributed by atoms with van der Waals surface area (Å²) in [5.41, 5.74) is 6.13. The van der Waals surface area contributed by atoms with Crippen molar-refractivity contribution in [2.45, 2.75) is 31.2 Å². The van der Waals surface area contributed by atoms with Gasteiger partial charge in [0.15, 0.2) is 0 Å².